The zero-order valence-corrected chi connectivity index (χ0v) is 12.2. The molecule has 0 fully saturated rings. The molecule has 0 aliphatic heterocycles. The van der Waals surface area contributed by atoms with Crippen LogP contribution in [-0.4, -0.2) is 10.1 Å². The average Bonchev–Trinajstić information content (AvgIpc) is 3.07. The molecule has 96 valence electrons. The van der Waals surface area contributed by atoms with Crippen molar-refractivity contribution >= 4 is 27.3 Å². The highest BCUT2D eigenvalue weighted by molar-refractivity contribution is 9.10. The van der Waals surface area contributed by atoms with Crippen LogP contribution in [0.3, 0.4) is 0 Å². The van der Waals surface area contributed by atoms with Gasteiger partial charge in [0.1, 0.15) is 6.04 Å². The second kappa shape index (κ2) is 5.24. The summed E-state index contributed by atoms with van der Waals surface area (Å²) in [6.45, 7) is 0. The van der Waals surface area contributed by atoms with Crippen molar-refractivity contribution in [1.29, 1.82) is 0 Å². The first-order chi connectivity index (χ1) is 9.24. The molecule has 2 N–H and O–H groups in total. The largest absolute Gasteiger partial charge is 0.337 e. The molecule has 19 heavy (non-hydrogen) atoms. The summed E-state index contributed by atoms with van der Waals surface area (Å²) in [5, 5.41) is 5.94. The van der Waals surface area contributed by atoms with E-state index in [1.54, 1.807) is 11.3 Å². The van der Waals surface area contributed by atoms with E-state index in [1.165, 1.54) is 0 Å². The zero-order chi connectivity index (χ0) is 13.2. The minimum absolute atomic E-state index is 0.397. The van der Waals surface area contributed by atoms with E-state index in [0.717, 1.165) is 14.9 Å². The molecular weight excluding hydrogens is 326 g/mol. The van der Waals surface area contributed by atoms with Gasteiger partial charge in [0.25, 0.3) is 0 Å². The van der Waals surface area contributed by atoms with Crippen molar-refractivity contribution < 1.29 is 4.52 Å². The third-order valence-corrected chi connectivity index (χ3v) is 4.34. The number of aromatic nitrogens is 2. The molecule has 0 unspecified atom stereocenters. The van der Waals surface area contributed by atoms with E-state index in [4.69, 9.17) is 10.3 Å². The van der Waals surface area contributed by atoms with Crippen LogP contribution in [0.1, 0.15) is 17.5 Å². The van der Waals surface area contributed by atoms with E-state index in [-0.39, 0.29) is 0 Å². The summed E-state index contributed by atoms with van der Waals surface area (Å²) in [6.07, 6.45) is 0. The van der Waals surface area contributed by atoms with Crippen LogP contribution in [0.25, 0.3) is 10.7 Å². The minimum atomic E-state index is -0.397. The van der Waals surface area contributed by atoms with E-state index in [1.807, 2.05) is 41.8 Å². The second-order valence-electron chi connectivity index (χ2n) is 3.97. The molecule has 0 aliphatic carbocycles. The number of nitrogens with two attached hydrogens (primary N) is 1. The lowest BCUT2D eigenvalue weighted by molar-refractivity contribution is 0.367. The van der Waals surface area contributed by atoms with Gasteiger partial charge in [-0.25, -0.2) is 0 Å². The van der Waals surface area contributed by atoms with Crippen molar-refractivity contribution in [2.75, 3.05) is 0 Å². The number of hydrogen-bond acceptors (Lipinski definition) is 5. The standard InChI is InChI=1S/C13H10BrN3OS/c14-9-6-10(19-7-9)12-16-13(18-17-12)11(15)8-4-2-1-3-5-8/h1-7,11H,15H2/t11-/m0/s1. The topological polar surface area (TPSA) is 64.9 Å². The van der Waals surface area contributed by atoms with Crippen molar-refractivity contribution in [2.24, 2.45) is 5.73 Å². The van der Waals surface area contributed by atoms with Crippen molar-refractivity contribution in [3.05, 3.63) is 57.7 Å². The first-order valence-corrected chi connectivity index (χ1v) is 7.30. The molecular formula is C13H10BrN3OS. The van der Waals surface area contributed by atoms with Gasteiger partial charge in [-0.15, -0.1) is 11.3 Å². The van der Waals surface area contributed by atoms with Gasteiger partial charge in [-0.3, -0.25) is 0 Å². The summed E-state index contributed by atoms with van der Waals surface area (Å²) in [6, 6.07) is 11.2. The maximum Gasteiger partial charge on any atom is 0.248 e. The molecule has 0 bridgehead atoms. The van der Waals surface area contributed by atoms with E-state index < -0.39 is 6.04 Å². The van der Waals surface area contributed by atoms with Crippen LogP contribution in [-0.2, 0) is 0 Å². The molecule has 2 aromatic heterocycles. The lowest BCUT2D eigenvalue weighted by Gasteiger charge is -2.05. The SMILES string of the molecule is N[C@@H](c1ccccc1)c1nc(-c2cc(Br)cs2)no1. The highest BCUT2D eigenvalue weighted by Gasteiger charge is 2.17. The molecule has 0 amide bonds. The van der Waals surface area contributed by atoms with Crippen LogP contribution in [0, 0.1) is 0 Å². The van der Waals surface area contributed by atoms with Gasteiger partial charge in [0.15, 0.2) is 0 Å². The highest BCUT2D eigenvalue weighted by atomic mass is 79.9. The molecule has 0 spiro atoms. The van der Waals surface area contributed by atoms with E-state index >= 15 is 0 Å². The molecule has 3 rings (SSSR count). The number of halogens is 1. The summed E-state index contributed by atoms with van der Waals surface area (Å²) in [4.78, 5) is 5.30. The Labute approximate surface area is 122 Å². The van der Waals surface area contributed by atoms with Crippen LogP contribution in [0.15, 0.2) is 50.8 Å². The summed E-state index contributed by atoms with van der Waals surface area (Å²) in [5.41, 5.74) is 7.06. The fraction of sp³-hybridized carbons (Fsp3) is 0.0769. The van der Waals surface area contributed by atoms with Crippen molar-refractivity contribution in [1.82, 2.24) is 10.1 Å². The van der Waals surface area contributed by atoms with Gasteiger partial charge < -0.3 is 10.3 Å². The summed E-state index contributed by atoms with van der Waals surface area (Å²) < 4.78 is 6.26. The van der Waals surface area contributed by atoms with Gasteiger partial charge >= 0.3 is 0 Å². The van der Waals surface area contributed by atoms with Gasteiger partial charge in [-0.1, -0.05) is 35.5 Å². The Bertz CT molecular complexity index is 680. The molecule has 3 aromatic rings. The smallest absolute Gasteiger partial charge is 0.248 e. The van der Waals surface area contributed by atoms with Crippen molar-refractivity contribution in [2.45, 2.75) is 6.04 Å². The molecule has 4 nitrogen and oxygen atoms in total. The first-order valence-electron chi connectivity index (χ1n) is 5.62. The predicted octanol–water partition coefficient (Wildman–Crippen LogP) is 3.61. The van der Waals surface area contributed by atoms with Crippen molar-refractivity contribution in [3.63, 3.8) is 0 Å². The minimum Gasteiger partial charge on any atom is -0.337 e. The van der Waals surface area contributed by atoms with Gasteiger partial charge in [-0.2, -0.15) is 4.98 Å². The Morgan fingerprint density at radius 3 is 2.74 bits per heavy atom. The van der Waals surface area contributed by atoms with Crippen molar-refractivity contribution in [3.8, 4) is 10.7 Å². The molecule has 6 heteroatoms. The normalized spacial score (nSPS) is 12.5. The lowest BCUT2D eigenvalue weighted by Crippen LogP contribution is -2.11. The Morgan fingerprint density at radius 1 is 1.26 bits per heavy atom. The number of rotatable bonds is 3. The number of thiophene rings is 1. The summed E-state index contributed by atoms with van der Waals surface area (Å²) in [7, 11) is 0. The lowest BCUT2D eigenvalue weighted by atomic mass is 10.1. The fourth-order valence-corrected chi connectivity index (χ4v) is 3.05. The van der Waals surface area contributed by atoms with Crippen LogP contribution < -0.4 is 5.73 Å². The number of hydrogen-bond donors (Lipinski definition) is 1. The van der Waals surface area contributed by atoms with Gasteiger partial charge in [-0.05, 0) is 27.6 Å². The zero-order valence-electron chi connectivity index (χ0n) is 9.79. The average molecular weight is 336 g/mol. The quantitative estimate of drug-likeness (QED) is 0.794. The van der Waals surface area contributed by atoms with E-state index in [9.17, 15) is 0 Å². The van der Waals surface area contributed by atoms with Crippen LogP contribution in [0.5, 0.6) is 0 Å². The van der Waals surface area contributed by atoms with Gasteiger partial charge in [0.2, 0.25) is 11.7 Å². The summed E-state index contributed by atoms with van der Waals surface area (Å²) >= 11 is 4.95. The molecule has 0 saturated heterocycles. The monoisotopic (exact) mass is 335 g/mol. The Kier molecular flexibility index (Phi) is 3.46. The second-order valence-corrected chi connectivity index (χ2v) is 5.80. The maximum atomic E-state index is 6.11. The molecule has 1 aromatic carbocycles. The molecule has 0 radical (unpaired) electrons. The number of benzene rings is 1. The predicted molar refractivity (Wildman–Crippen MR) is 77.8 cm³/mol. The molecule has 0 saturated carbocycles. The van der Waals surface area contributed by atoms with Crippen LogP contribution in [0.4, 0.5) is 0 Å². The van der Waals surface area contributed by atoms with Crippen LogP contribution >= 0.6 is 27.3 Å². The third kappa shape index (κ3) is 2.60. The van der Waals surface area contributed by atoms with Gasteiger partial charge in [0.05, 0.1) is 4.88 Å². The summed E-state index contributed by atoms with van der Waals surface area (Å²) in [5.74, 6) is 0.989. The maximum absolute atomic E-state index is 6.11. The van der Waals surface area contributed by atoms with Gasteiger partial charge in [0, 0.05) is 9.85 Å². The molecule has 2 heterocycles. The Morgan fingerprint density at radius 2 is 2.05 bits per heavy atom. The highest BCUT2D eigenvalue weighted by Crippen LogP contribution is 2.29. The molecule has 1 atom stereocenters. The van der Waals surface area contributed by atoms with Crippen LogP contribution in [0.2, 0.25) is 0 Å². The fourth-order valence-electron chi connectivity index (χ4n) is 1.69. The first kappa shape index (κ1) is 12.5. The van der Waals surface area contributed by atoms with E-state index in [2.05, 4.69) is 26.1 Å². The van der Waals surface area contributed by atoms with E-state index in [0.29, 0.717) is 11.7 Å². The Hall–Kier alpha value is -1.50. The Balaban J connectivity index is 1.89. The molecule has 0 aliphatic rings. The number of nitrogens with zero attached hydrogens (tertiary/aromatic N) is 2. The third-order valence-electron chi connectivity index (χ3n) is 2.65.